The molecule has 0 aliphatic carbocycles. The van der Waals surface area contributed by atoms with Gasteiger partial charge in [-0.2, -0.15) is 0 Å². The Kier molecular flexibility index (Phi) is 5.62. The Bertz CT molecular complexity index is 308. The molecule has 0 radical (unpaired) electrons. The molecule has 88 valence electrons. The van der Waals surface area contributed by atoms with Gasteiger partial charge in [-0.3, -0.25) is 4.79 Å². The number of benzene rings is 1. The van der Waals surface area contributed by atoms with E-state index in [0.717, 1.165) is 19.3 Å². The van der Waals surface area contributed by atoms with Gasteiger partial charge in [0.25, 0.3) is 0 Å². The summed E-state index contributed by atoms with van der Waals surface area (Å²) in [6.07, 6.45) is 3.44. The Labute approximate surface area is 98.1 Å². The predicted octanol–water partition coefficient (Wildman–Crippen LogP) is 2.92. The van der Waals surface area contributed by atoms with E-state index < -0.39 is 0 Å². The van der Waals surface area contributed by atoms with E-state index in [-0.39, 0.29) is 11.9 Å². The van der Waals surface area contributed by atoms with Gasteiger partial charge < -0.3 is 5.32 Å². The lowest BCUT2D eigenvalue weighted by molar-refractivity contribution is -0.121. The van der Waals surface area contributed by atoms with Gasteiger partial charge in [0, 0.05) is 12.5 Å². The Morgan fingerprint density at radius 3 is 2.50 bits per heavy atom. The van der Waals surface area contributed by atoms with Crippen molar-refractivity contribution in [2.75, 3.05) is 0 Å². The van der Waals surface area contributed by atoms with Crippen LogP contribution in [0.5, 0.6) is 0 Å². The third-order valence-corrected chi connectivity index (χ3v) is 2.66. The quantitative estimate of drug-likeness (QED) is 0.783. The number of carbonyl (C=O) groups excluding carboxylic acids is 1. The summed E-state index contributed by atoms with van der Waals surface area (Å²) in [6, 6.07) is 10.6. The highest BCUT2D eigenvalue weighted by atomic mass is 16.1. The Morgan fingerprint density at radius 2 is 1.94 bits per heavy atom. The van der Waals surface area contributed by atoms with Crippen LogP contribution in [0.1, 0.15) is 38.7 Å². The number of hydrogen-bond donors (Lipinski definition) is 1. The maximum atomic E-state index is 11.5. The van der Waals surface area contributed by atoms with Gasteiger partial charge in [-0.05, 0) is 24.8 Å². The van der Waals surface area contributed by atoms with Crippen molar-refractivity contribution in [2.45, 2.75) is 45.6 Å². The fraction of sp³-hybridized carbons (Fsp3) is 0.500. The first kappa shape index (κ1) is 12.8. The molecular weight excluding hydrogens is 198 g/mol. The highest BCUT2D eigenvalue weighted by Gasteiger charge is 2.09. The van der Waals surface area contributed by atoms with Crippen LogP contribution in [0, 0.1) is 0 Å². The molecule has 0 aliphatic heterocycles. The van der Waals surface area contributed by atoms with E-state index in [9.17, 15) is 4.79 Å². The van der Waals surface area contributed by atoms with E-state index in [1.54, 1.807) is 0 Å². The van der Waals surface area contributed by atoms with Gasteiger partial charge in [0.2, 0.25) is 5.91 Å². The molecule has 0 aromatic heterocycles. The standard InChI is InChI=1S/C14H21NO/c1-3-8-14(16)15-13(4-2)11-12-9-6-5-7-10-12/h5-7,9-10,13H,3-4,8,11H2,1-2H3,(H,15,16)/t13-/m1/s1. The van der Waals surface area contributed by atoms with Crippen LogP contribution in [0.3, 0.4) is 0 Å². The summed E-state index contributed by atoms with van der Waals surface area (Å²) >= 11 is 0. The SMILES string of the molecule is CCCC(=O)N[C@H](CC)Cc1ccccc1. The monoisotopic (exact) mass is 219 g/mol. The Morgan fingerprint density at radius 1 is 1.25 bits per heavy atom. The molecule has 1 rings (SSSR count). The van der Waals surface area contributed by atoms with E-state index >= 15 is 0 Å². The molecule has 0 saturated carbocycles. The number of nitrogens with one attached hydrogen (secondary N) is 1. The zero-order valence-electron chi connectivity index (χ0n) is 10.2. The van der Waals surface area contributed by atoms with Crippen LogP contribution >= 0.6 is 0 Å². The van der Waals surface area contributed by atoms with Crippen LogP contribution in [0.25, 0.3) is 0 Å². The number of carbonyl (C=O) groups is 1. The van der Waals surface area contributed by atoms with Crippen LogP contribution in [0.15, 0.2) is 30.3 Å². The average molecular weight is 219 g/mol. The number of rotatable bonds is 6. The Balaban J connectivity index is 2.46. The second-order valence-electron chi connectivity index (χ2n) is 4.11. The van der Waals surface area contributed by atoms with Crippen LogP contribution in [0.4, 0.5) is 0 Å². The highest BCUT2D eigenvalue weighted by Crippen LogP contribution is 2.06. The predicted molar refractivity (Wildman–Crippen MR) is 67.3 cm³/mol. The molecule has 1 amide bonds. The molecule has 0 unspecified atom stereocenters. The third-order valence-electron chi connectivity index (χ3n) is 2.66. The summed E-state index contributed by atoms with van der Waals surface area (Å²) in [6.45, 7) is 4.14. The van der Waals surface area contributed by atoms with Crippen molar-refractivity contribution >= 4 is 5.91 Å². The van der Waals surface area contributed by atoms with Crippen molar-refractivity contribution < 1.29 is 4.79 Å². The lowest BCUT2D eigenvalue weighted by Gasteiger charge is -2.16. The van der Waals surface area contributed by atoms with Crippen molar-refractivity contribution in [3.63, 3.8) is 0 Å². The first-order valence-electron chi connectivity index (χ1n) is 6.09. The van der Waals surface area contributed by atoms with Crippen LogP contribution in [0.2, 0.25) is 0 Å². The van der Waals surface area contributed by atoms with Crippen molar-refractivity contribution in [3.05, 3.63) is 35.9 Å². The first-order valence-corrected chi connectivity index (χ1v) is 6.09. The van der Waals surface area contributed by atoms with Crippen molar-refractivity contribution in [1.29, 1.82) is 0 Å². The topological polar surface area (TPSA) is 29.1 Å². The summed E-state index contributed by atoms with van der Waals surface area (Å²) in [5.41, 5.74) is 1.28. The third kappa shape index (κ3) is 4.47. The summed E-state index contributed by atoms with van der Waals surface area (Å²) in [5, 5.41) is 3.08. The second kappa shape index (κ2) is 7.04. The average Bonchev–Trinajstić information content (AvgIpc) is 2.30. The van der Waals surface area contributed by atoms with Crippen LogP contribution in [-0.2, 0) is 11.2 Å². The fourth-order valence-electron chi connectivity index (χ4n) is 1.72. The Hall–Kier alpha value is -1.31. The first-order chi connectivity index (χ1) is 7.76. The lowest BCUT2D eigenvalue weighted by Crippen LogP contribution is -2.35. The van der Waals surface area contributed by atoms with Gasteiger partial charge in [-0.25, -0.2) is 0 Å². The maximum Gasteiger partial charge on any atom is 0.220 e. The van der Waals surface area contributed by atoms with Gasteiger partial charge in [0.05, 0.1) is 0 Å². The van der Waals surface area contributed by atoms with Gasteiger partial charge in [-0.15, -0.1) is 0 Å². The molecule has 2 nitrogen and oxygen atoms in total. The minimum Gasteiger partial charge on any atom is -0.353 e. The zero-order valence-corrected chi connectivity index (χ0v) is 10.2. The molecule has 0 bridgehead atoms. The number of hydrogen-bond acceptors (Lipinski definition) is 1. The van der Waals surface area contributed by atoms with Gasteiger partial charge in [-0.1, -0.05) is 44.2 Å². The second-order valence-corrected chi connectivity index (χ2v) is 4.11. The van der Waals surface area contributed by atoms with E-state index in [1.807, 2.05) is 25.1 Å². The minimum atomic E-state index is 0.172. The van der Waals surface area contributed by atoms with Crippen LogP contribution in [-0.4, -0.2) is 11.9 Å². The smallest absolute Gasteiger partial charge is 0.220 e. The molecule has 0 spiro atoms. The molecule has 2 heteroatoms. The fourth-order valence-corrected chi connectivity index (χ4v) is 1.72. The molecular formula is C14H21NO. The molecule has 0 heterocycles. The summed E-state index contributed by atoms with van der Waals surface area (Å²) < 4.78 is 0. The molecule has 0 saturated heterocycles. The molecule has 16 heavy (non-hydrogen) atoms. The van der Waals surface area contributed by atoms with Gasteiger partial charge in [0.1, 0.15) is 0 Å². The molecule has 0 fully saturated rings. The zero-order chi connectivity index (χ0) is 11.8. The maximum absolute atomic E-state index is 11.5. The highest BCUT2D eigenvalue weighted by molar-refractivity contribution is 5.76. The molecule has 1 aromatic rings. The van der Waals surface area contributed by atoms with E-state index in [0.29, 0.717) is 6.42 Å². The van der Waals surface area contributed by atoms with Gasteiger partial charge in [0.15, 0.2) is 0 Å². The lowest BCUT2D eigenvalue weighted by atomic mass is 10.0. The normalized spacial score (nSPS) is 12.1. The van der Waals surface area contributed by atoms with Crippen molar-refractivity contribution in [2.24, 2.45) is 0 Å². The minimum absolute atomic E-state index is 0.172. The number of amides is 1. The van der Waals surface area contributed by atoms with E-state index in [2.05, 4.69) is 24.4 Å². The van der Waals surface area contributed by atoms with Crippen molar-refractivity contribution in [3.8, 4) is 0 Å². The van der Waals surface area contributed by atoms with Crippen molar-refractivity contribution in [1.82, 2.24) is 5.32 Å². The molecule has 1 atom stereocenters. The molecule has 1 N–H and O–H groups in total. The van der Waals surface area contributed by atoms with E-state index in [1.165, 1.54) is 5.56 Å². The van der Waals surface area contributed by atoms with Gasteiger partial charge >= 0.3 is 0 Å². The summed E-state index contributed by atoms with van der Waals surface area (Å²) in [5.74, 6) is 0.172. The summed E-state index contributed by atoms with van der Waals surface area (Å²) in [7, 11) is 0. The van der Waals surface area contributed by atoms with Crippen LogP contribution < -0.4 is 5.32 Å². The molecule has 1 aromatic carbocycles. The van der Waals surface area contributed by atoms with E-state index in [4.69, 9.17) is 0 Å². The summed E-state index contributed by atoms with van der Waals surface area (Å²) in [4.78, 5) is 11.5. The molecule has 0 aliphatic rings. The largest absolute Gasteiger partial charge is 0.353 e.